The predicted molar refractivity (Wildman–Crippen MR) is 43.9 cm³/mol. The van der Waals surface area contributed by atoms with E-state index in [0.29, 0.717) is 6.61 Å². The number of ether oxygens (including phenoxy) is 1. The van der Waals surface area contributed by atoms with E-state index < -0.39 is 0 Å². The SMILES string of the molecule is CSC(C)(Br)OCCO. The van der Waals surface area contributed by atoms with Gasteiger partial charge in [0, 0.05) is 0 Å². The lowest BCUT2D eigenvalue weighted by Crippen LogP contribution is -2.17. The van der Waals surface area contributed by atoms with Crippen molar-refractivity contribution in [3.05, 3.63) is 0 Å². The van der Waals surface area contributed by atoms with E-state index in [1.807, 2.05) is 13.2 Å². The molecule has 0 aromatic heterocycles. The minimum absolute atomic E-state index is 0.0712. The van der Waals surface area contributed by atoms with Crippen LogP contribution < -0.4 is 0 Å². The lowest BCUT2D eigenvalue weighted by molar-refractivity contribution is 0.0708. The van der Waals surface area contributed by atoms with Gasteiger partial charge in [-0.2, -0.15) is 0 Å². The molecule has 56 valence electrons. The van der Waals surface area contributed by atoms with Crippen molar-refractivity contribution in [2.24, 2.45) is 0 Å². The number of rotatable bonds is 4. The van der Waals surface area contributed by atoms with E-state index in [1.165, 1.54) is 0 Å². The van der Waals surface area contributed by atoms with Crippen LogP contribution in [0.3, 0.4) is 0 Å². The zero-order valence-corrected chi connectivity index (χ0v) is 7.96. The fraction of sp³-hybridized carbons (Fsp3) is 1.00. The molecule has 1 atom stereocenters. The molecule has 0 spiro atoms. The molecule has 0 aliphatic heterocycles. The zero-order chi connectivity index (χ0) is 7.33. The number of thioether (sulfide) groups is 1. The van der Waals surface area contributed by atoms with Crippen LogP contribution in [0.2, 0.25) is 0 Å². The van der Waals surface area contributed by atoms with E-state index in [-0.39, 0.29) is 10.4 Å². The summed E-state index contributed by atoms with van der Waals surface area (Å²) in [5.74, 6) is 0. The van der Waals surface area contributed by atoms with Crippen LogP contribution >= 0.6 is 27.7 Å². The Morgan fingerprint density at radius 3 is 2.67 bits per heavy atom. The highest BCUT2D eigenvalue weighted by Gasteiger charge is 2.17. The lowest BCUT2D eigenvalue weighted by Gasteiger charge is -2.19. The van der Waals surface area contributed by atoms with Gasteiger partial charge in [0.25, 0.3) is 0 Å². The molecule has 1 unspecified atom stereocenters. The van der Waals surface area contributed by atoms with Crippen molar-refractivity contribution in [2.75, 3.05) is 19.5 Å². The molecule has 0 aromatic rings. The zero-order valence-electron chi connectivity index (χ0n) is 5.56. The molecule has 0 rings (SSSR count). The van der Waals surface area contributed by atoms with Gasteiger partial charge in [-0.15, -0.1) is 11.8 Å². The van der Waals surface area contributed by atoms with E-state index in [9.17, 15) is 0 Å². The monoisotopic (exact) mass is 214 g/mol. The first-order valence-corrected chi connectivity index (χ1v) is 4.63. The van der Waals surface area contributed by atoms with Crippen molar-refractivity contribution in [3.8, 4) is 0 Å². The number of aliphatic hydroxyl groups excluding tert-OH is 1. The van der Waals surface area contributed by atoms with Gasteiger partial charge in [-0.3, -0.25) is 0 Å². The maximum atomic E-state index is 8.37. The fourth-order valence-corrected chi connectivity index (χ4v) is 0.650. The molecule has 4 heteroatoms. The first-order chi connectivity index (χ1) is 4.12. The van der Waals surface area contributed by atoms with Gasteiger partial charge >= 0.3 is 0 Å². The van der Waals surface area contributed by atoms with Crippen molar-refractivity contribution in [1.29, 1.82) is 0 Å². The average molecular weight is 215 g/mol. The van der Waals surface area contributed by atoms with Crippen LogP contribution in [0.4, 0.5) is 0 Å². The second kappa shape index (κ2) is 4.55. The standard InChI is InChI=1S/C5H11BrO2S/c1-5(6,9-2)8-4-3-7/h7H,3-4H2,1-2H3. The molecule has 0 bridgehead atoms. The molecule has 0 fully saturated rings. The highest BCUT2D eigenvalue weighted by Crippen LogP contribution is 2.30. The molecule has 0 saturated heterocycles. The first-order valence-electron chi connectivity index (χ1n) is 2.61. The van der Waals surface area contributed by atoms with Crippen LogP contribution in [0.5, 0.6) is 0 Å². The summed E-state index contributed by atoms with van der Waals surface area (Å²) in [6.07, 6.45) is 1.94. The van der Waals surface area contributed by atoms with Crippen molar-refractivity contribution in [1.82, 2.24) is 0 Å². The van der Waals surface area contributed by atoms with Crippen molar-refractivity contribution in [2.45, 2.75) is 10.8 Å². The van der Waals surface area contributed by atoms with Crippen LogP contribution in [-0.4, -0.2) is 28.4 Å². The van der Waals surface area contributed by atoms with E-state index in [2.05, 4.69) is 15.9 Å². The molecule has 0 radical (unpaired) electrons. The minimum Gasteiger partial charge on any atom is -0.394 e. The minimum atomic E-state index is -0.338. The molecule has 0 amide bonds. The van der Waals surface area contributed by atoms with Crippen LogP contribution in [0.25, 0.3) is 0 Å². The van der Waals surface area contributed by atoms with E-state index in [0.717, 1.165) is 0 Å². The Kier molecular flexibility index (Phi) is 4.93. The van der Waals surface area contributed by atoms with E-state index in [4.69, 9.17) is 9.84 Å². The van der Waals surface area contributed by atoms with E-state index in [1.54, 1.807) is 11.8 Å². The van der Waals surface area contributed by atoms with Crippen molar-refractivity contribution >= 4 is 27.7 Å². The van der Waals surface area contributed by atoms with Gasteiger partial charge in [0.05, 0.1) is 13.2 Å². The van der Waals surface area contributed by atoms with Gasteiger partial charge in [-0.25, -0.2) is 0 Å². The van der Waals surface area contributed by atoms with Gasteiger partial charge < -0.3 is 9.84 Å². The summed E-state index contributed by atoms with van der Waals surface area (Å²) in [6.45, 7) is 2.34. The molecular weight excluding hydrogens is 204 g/mol. The topological polar surface area (TPSA) is 29.5 Å². The first kappa shape index (κ1) is 9.75. The maximum Gasteiger partial charge on any atom is 0.166 e. The molecule has 0 saturated carbocycles. The van der Waals surface area contributed by atoms with Crippen LogP contribution in [0.15, 0.2) is 0 Å². The Bertz CT molecular complexity index is 77.4. The third kappa shape index (κ3) is 5.21. The normalized spacial score (nSPS) is 17.3. The smallest absolute Gasteiger partial charge is 0.166 e. The summed E-state index contributed by atoms with van der Waals surface area (Å²) in [6, 6.07) is 0. The molecule has 1 N–H and O–H groups in total. The fourth-order valence-electron chi connectivity index (χ4n) is 0.287. The number of aliphatic hydroxyl groups is 1. The van der Waals surface area contributed by atoms with Gasteiger partial charge in [0.2, 0.25) is 0 Å². The second-order valence-electron chi connectivity index (χ2n) is 1.61. The number of alkyl halides is 1. The third-order valence-corrected chi connectivity index (χ3v) is 2.86. The number of hydrogen-bond donors (Lipinski definition) is 1. The number of hydrogen-bond acceptors (Lipinski definition) is 3. The summed E-state index contributed by atoms with van der Waals surface area (Å²) in [5, 5.41) is 8.37. The summed E-state index contributed by atoms with van der Waals surface area (Å²) < 4.78 is 4.82. The van der Waals surface area contributed by atoms with Crippen molar-refractivity contribution in [3.63, 3.8) is 0 Å². The Balaban J connectivity index is 3.33. The molecule has 2 nitrogen and oxygen atoms in total. The molecule has 0 heterocycles. The predicted octanol–water partition coefficient (Wildman–Crippen LogP) is 1.43. The van der Waals surface area contributed by atoms with Gasteiger partial charge in [-0.1, -0.05) is 0 Å². The second-order valence-corrected chi connectivity index (χ2v) is 4.84. The van der Waals surface area contributed by atoms with Gasteiger partial charge in [0.15, 0.2) is 3.84 Å². The Hall–Kier alpha value is 0.750. The van der Waals surface area contributed by atoms with Crippen LogP contribution in [0.1, 0.15) is 6.92 Å². The Labute approximate surface area is 68.1 Å². The molecule has 0 aliphatic carbocycles. The molecule has 0 aromatic carbocycles. The molecular formula is C5H11BrO2S. The summed E-state index contributed by atoms with van der Waals surface area (Å²) >= 11 is 4.86. The summed E-state index contributed by atoms with van der Waals surface area (Å²) in [4.78, 5) is 0. The maximum absolute atomic E-state index is 8.37. The average Bonchev–Trinajstić information content (AvgIpc) is 1.84. The quantitative estimate of drug-likeness (QED) is 0.568. The largest absolute Gasteiger partial charge is 0.394 e. The molecule has 0 aliphatic rings. The third-order valence-electron chi connectivity index (χ3n) is 0.816. The number of halogens is 1. The Morgan fingerprint density at radius 1 is 1.78 bits per heavy atom. The lowest BCUT2D eigenvalue weighted by atomic mass is 10.7. The van der Waals surface area contributed by atoms with Crippen molar-refractivity contribution < 1.29 is 9.84 Å². The Morgan fingerprint density at radius 2 is 2.33 bits per heavy atom. The summed E-state index contributed by atoms with van der Waals surface area (Å²) in [7, 11) is 0. The van der Waals surface area contributed by atoms with E-state index >= 15 is 0 Å². The van der Waals surface area contributed by atoms with Gasteiger partial charge in [0.1, 0.15) is 0 Å². The summed E-state index contributed by atoms with van der Waals surface area (Å²) in [5.41, 5.74) is 0. The van der Waals surface area contributed by atoms with Crippen LogP contribution in [0, 0.1) is 0 Å². The highest BCUT2D eigenvalue weighted by atomic mass is 79.9. The molecule has 9 heavy (non-hydrogen) atoms. The highest BCUT2D eigenvalue weighted by molar-refractivity contribution is 9.11. The van der Waals surface area contributed by atoms with Crippen LogP contribution in [-0.2, 0) is 4.74 Å². The van der Waals surface area contributed by atoms with Gasteiger partial charge in [-0.05, 0) is 29.1 Å².